The van der Waals surface area contributed by atoms with Gasteiger partial charge in [-0.3, -0.25) is 14.2 Å². The maximum Gasteiger partial charge on any atom is 0.262 e. The van der Waals surface area contributed by atoms with Crippen molar-refractivity contribution in [1.82, 2.24) is 14.9 Å². The summed E-state index contributed by atoms with van der Waals surface area (Å²) in [6, 6.07) is 0.0651. The predicted molar refractivity (Wildman–Crippen MR) is 88.3 cm³/mol. The summed E-state index contributed by atoms with van der Waals surface area (Å²) < 4.78 is 1.42. The fourth-order valence-electron chi connectivity index (χ4n) is 3.00. The molecule has 0 aromatic carbocycles. The van der Waals surface area contributed by atoms with Crippen LogP contribution in [0.3, 0.4) is 0 Å². The lowest BCUT2D eigenvalue weighted by molar-refractivity contribution is -0.122. The maximum atomic E-state index is 12.7. The molecule has 0 radical (unpaired) electrons. The number of aromatic nitrogens is 2. The minimum absolute atomic E-state index is 0.0287. The molecule has 0 bridgehead atoms. The summed E-state index contributed by atoms with van der Waals surface area (Å²) in [5.41, 5.74) is 1.07. The zero-order chi connectivity index (χ0) is 15.9. The Kier molecular flexibility index (Phi) is 4.04. The fraction of sp³-hybridized carbons (Fsp3) is 0.562. The Balaban J connectivity index is 1.99. The highest BCUT2D eigenvalue weighted by Gasteiger charge is 2.23. The van der Waals surface area contributed by atoms with E-state index in [1.54, 1.807) is 11.3 Å². The van der Waals surface area contributed by atoms with Gasteiger partial charge in [0.1, 0.15) is 11.4 Å². The van der Waals surface area contributed by atoms with Crippen molar-refractivity contribution in [1.29, 1.82) is 0 Å². The van der Waals surface area contributed by atoms with Gasteiger partial charge < -0.3 is 5.32 Å². The number of hydrogen-bond acceptors (Lipinski definition) is 4. The van der Waals surface area contributed by atoms with Gasteiger partial charge in [-0.1, -0.05) is 6.92 Å². The SMILES string of the molecule is CC(C)NC(=O)Cn1cnc2sc3c(c2c1=O)CC[C@@H](C)C3. The fourth-order valence-corrected chi connectivity index (χ4v) is 4.34. The molecule has 0 spiro atoms. The summed E-state index contributed by atoms with van der Waals surface area (Å²) >= 11 is 1.63. The largest absolute Gasteiger partial charge is 0.352 e. The van der Waals surface area contributed by atoms with Crippen molar-refractivity contribution < 1.29 is 4.79 Å². The van der Waals surface area contributed by atoms with Gasteiger partial charge in [0.2, 0.25) is 5.91 Å². The van der Waals surface area contributed by atoms with Crippen LogP contribution in [0, 0.1) is 5.92 Å². The van der Waals surface area contributed by atoms with Gasteiger partial charge in [-0.05, 0) is 44.6 Å². The Morgan fingerprint density at radius 2 is 2.32 bits per heavy atom. The molecule has 1 aliphatic carbocycles. The molecule has 3 rings (SSSR count). The highest BCUT2D eigenvalue weighted by Crippen LogP contribution is 2.35. The third kappa shape index (κ3) is 2.79. The molecule has 1 N–H and O–H groups in total. The van der Waals surface area contributed by atoms with Gasteiger partial charge in [-0.2, -0.15) is 0 Å². The summed E-state index contributed by atoms with van der Waals surface area (Å²) in [5, 5.41) is 3.53. The van der Waals surface area contributed by atoms with Gasteiger partial charge in [0.15, 0.2) is 0 Å². The Hall–Kier alpha value is -1.69. The lowest BCUT2D eigenvalue weighted by Crippen LogP contribution is -2.36. The standard InChI is InChI=1S/C16H21N3O2S/c1-9(2)18-13(20)7-19-8-17-15-14(16(19)21)11-5-4-10(3)6-12(11)22-15/h8-10H,4-7H2,1-3H3,(H,18,20)/t10-/m1/s1. The van der Waals surface area contributed by atoms with E-state index in [2.05, 4.69) is 17.2 Å². The number of nitrogens with one attached hydrogen (secondary N) is 1. The number of thiophene rings is 1. The zero-order valence-corrected chi connectivity index (χ0v) is 14.0. The van der Waals surface area contributed by atoms with Crippen LogP contribution < -0.4 is 10.9 Å². The number of fused-ring (bicyclic) bond motifs is 3. The number of nitrogens with zero attached hydrogens (tertiary/aromatic N) is 2. The Bertz CT molecular complexity index is 776. The van der Waals surface area contributed by atoms with Crippen LogP contribution in [-0.4, -0.2) is 21.5 Å². The third-order valence-electron chi connectivity index (χ3n) is 4.05. The molecule has 6 heteroatoms. The Labute approximate surface area is 133 Å². The van der Waals surface area contributed by atoms with Gasteiger partial charge in [-0.15, -0.1) is 11.3 Å². The lowest BCUT2D eigenvalue weighted by Gasteiger charge is -2.17. The van der Waals surface area contributed by atoms with Crippen LogP contribution in [0.2, 0.25) is 0 Å². The van der Waals surface area contributed by atoms with Crippen molar-refractivity contribution >= 4 is 27.5 Å². The molecule has 2 heterocycles. The number of rotatable bonds is 3. The van der Waals surface area contributed by atoms with E-state index in [1.807, 2.05) is 13.8 Å². The molecule has 1 amide bonds. The van der Waals surface area contributed by atoms with E-state index in [4.69, 9.17) is 0 Å². The smallest absolute Gasteiger partial charge is 0.262 e. The first-order chi connectivity index (χ1) is 10.5. The quantitative estimate of drug-likeness (QED) is 0.942. The van der Waals surface area contributed by atoms with Gasteiger partial charge in [0.25, 0.3) is 5.56 Å². The van der Waals surface area contributed by atoms with Crippen LogP contribution in [-0.2, 0) is 24.2 Å². The molecular weight excluding hydrogens is 298 g/mol. The normalized spacial score (nSPS) is 17.7. The molecule has 0 fully saturated rings. The van der Waals surface area contributed by atoms with Crippen LogP contribution in [0.1, 0.15) is 37.6 Å². The molecule has 0 aliphatic heterocycles. The molecule has 5 nitrogen and oxygen atoms in total. The summed E-state index contributed by atoms with van der Waals surface area (Å²) in [4.78, 5) is 31.1. The van der Waals surface area contributed by atoms with E-state index in [1.165, 1.54) is 15.8 Å². The average molecular weight is 319 g/mol. The third-order valence-corrected chi connectivity index (χ3v) is 5.21. The highest BCUT2D eigenvalue weighted by atomic mass is 32.1. The van der Waals surface area contributed by atoms with Crippen molar-refractivity contribution in [3.63, 3.8) is 0 Å². The highest BCUT2D eigenvalue weighted by molar-refractivity contribution is 7.18. The number of amides is 1. The van der Waals surface area contributed by atoms with Gasteiger partial charge in [0, 0.05) is 10.9 Å². The second-order valence-corrected chi connectivity index (χ2v) is 7.52. The van der Waals surface area contributed by atoms with Crippen LogP contribution in [0.4, 0.5) is 0 Å². The zero-order valence-electron chi connectivity index (χ0n) is 13.2. The number of carbonyl (C=O) groups excluding carboxylic acids is 1. The molecule has 0 saturated carbocycles. The van der Waals surface area contributed by atoms with Crippen LogP contribution in [0.5, 0.6) is 0 Å². The van der Waals surface area contributed by atoms with Crippen LogP contribution in [0.25, 0.3) is 10.2 Å². The van der Waals surface area contributed by atoms with E-state index >= 15 is 0 Å². The maximum absolute atomic E-state index is 12.7. The van der Waals surface area contributed by atoms with Gasteiger partial charge in [0.05, 0.1) is 11.7 Å². The van der Waals surface area contributed by atoms with E-state index in [9.17, 15) is 9.59 Å². The first-order valence-electron chi connectivity index (χ1n) is 7.74. The summed E-state index contributed by atoms with van der Waals surface area (Å²) in [5.74, 6) is 0.510. The van der Waals surface area contributed by atoms with Crippen molar-refractivity contribution in [2.45, 2.75) is 52.6 Å². The first kappa shape index (κ1) is 15.2. The van der Waals surface area contributed by atoms with E-state index < -0.39 is 0 Å². The van der Waals surface area contributed by atoms with Crippen molar-refractivity contribution in [2.24, 2.45) is 5.92 Å². The second-order valence-electron chi connectivity index (χ2n) is 6.43. The van der Waals surface area contributed by atoms with E-state index in [0.29, 0.717) is 5.92 Å². The average Bonchev–Trinajstić information content (AvgIpc) is 2.79. The van der Waals surface area contributed by atoms with E-state index in [-0.39, 0.29) is 24.1 Å². The minimum Gasteiger partial charge on any atom is -0.352 e. The summed E-state index contributed by atoms with van der Waals surface area (Å²) in [6.45, 7) is 6.08. The number of carbonyl (C=O) groups is 1. The Morgan fingerprint density at radius 3 is 3.05 bits per heavy atom. The molecule has 1 aliphatic rings. The van der Waals surface area contributed by atoms with Crippen LogP contribution >= 0.6 is 11.3 Å². The molecule has 0 saturated heterocycles. The summed E-state index contributed by atoms with van der Waals surface area (Å²) in [7, 11) is 0. The topological polar surface area (TPSA) is 64.0 Å². The van der Waals surface area contributed by atoms with Crippen molar-refractivity contribution in [3.8, 4) is 0 Å². The van der Waals surface area contributed by atoms with Gasteiger partial charge >= 0.3 is 0 Å². The number of aryl methyl sites for hydroxylation is 1. The monoisotopic (exact) mass is 319 g/mol. The molecule has 22 heavy (non-hydrogen) atoms. The minimum atomic E-state index is -0.157. The molecule has 1 atom stereocenters. The predicted octanol–water partition coefficient (Wildman–Crippen LogP) is 2.11. The number of hydrogen-bond donors (Lipinski definition) is 1. The van der Waals surface area contributed by atoms with Crippen molar-refractivity contribution in [2.75, 3.05) is 0 Å². The van der Waals surface area contributed by atoms with Gasteiger partial charge in [-0.25, -0.2) is 4.98 Å². The molecule has 118 valence electrons. The molecular formula is C16H21N3O2S. The van der Waals surface area contributed by atoms with Crippen LogP contribution in [0.15, 0.2) is 11.1 Å². The van der Waals surface area contributed by atoms with E-state index in [0.717, 1.165) is 35.0 Å². The second kappa shape index (κ2) is 5.83. The molecule has 0 unspecified atom stereocenters. The van der Waals surface area contributed by atoms with Crippen molar-refractivity contribution in [3.05, 3.63) is 27.1 Å². The summed E-state index contributed by atoms with van der Waals surface area (Å²) in [6.07, 6.45) is 4.58. The first-order valence-corrected chi connectivity index (χ1v) is 8.56. The Morgan fingerprint density at radius 1 is 1.55 bits per heavy atom. The molecule has 2 aromatic rings. The molecule has 2 aromatic heterocycles. The lowest BCUT2D eigenvalue weighted by atomic mass is 9.89.